The van der Waals surface area contributed by atoms with Crippen molar-refractivity contribution in [1.29, 1.82) is 0 Å². The molecule has 0 N–H and O–H groups in total. The van der Waals surface area contributed by atoms with Gasteiger partial charge in [-0.25, -0.2) is 4.98 Å². The van der Waals surface area contributed by atoms with E-state index in [1.165, 1.54) is 4.90 Å². The molecule has 2 heterocycles. The fraction of sp³-hybridized carbons (Fsp3) is 0.138. The van der Waals surface area contributed by atoms with Gasteiger partial charge in [0.05, 0.1) is 23.7 Å². The number of nitrogens with zero attached hydrogens (tertiary/aromatic N) is 2. The SMILES string of the molecule is CCOC(=O)CN1C(=O)COc2ccc(-c3cc(-c4ccc(Cl)cc4)cc(-c4ccccc4)n3)cc21. The highest BCUT2D eigenvalue weighted by atomic mass is 35.5. The van der Waals surface area contributed by atoms with Crippen molar-refractivity contribution in [1.82, 2.24) is 4.98 Å². The second-order valence-corrected chi connectivity index (χ2v) is 8.69. The first-order valence-corrected chi connectivity index (χ1v) is 12.0. The average Bonchev–Trinajstić information content (AvgIpc) is 2.91. The first-order chi connectivity index (χ1) is 17.5. The van der Waals surface area contributed by atoms with Crippen molar-refractivity contribution in [3.05, 3.63) is 90.0 Å². The lowest BCUT2D eigenvalue weighted by Crippen LogP contribution is -2.42. The second kappa shape index (κ2) is 10.2. The zero-order chi connectivity index (χ0) is 25.1. The Morgan fingerprint density at radius 2 is 1.61 bits per heavy atom. The van der Waals surface area contributed by atoms with E-state index in [2.05, 4.69) is 0 Å². The van der Waals surface area contributed by atoms with E-state index in [4.69, 9.17) is 26.1 Å². The van der Waals surface area contributed by atoms with Crippen LogP contribution in [0.3, 0.4) is 0 Å². The average molecular weight is 499 g/mol. The molecule has 0 unspecified atom stereocenters. The second-order valence-electron chi connectivity index (χ2n) is 8.26. The maximum Gasteiger partial charge on any atom is 0.326 e. The number of benzene rings is 3. The number of halogens is 1. The van der Waals surface area contributed by atoms with Crippen LogP contribution in [0.15, 0.2) is 84.9 Å². The maximum absolute atomic E-state index is 12.6. The van der Waals surface area contributed by atoms with Crippen LogP contribution in [0.4, 0.5) is 5.69 Å². The van der Waals surface area contributed by atoms with Crippen molar-refractivity contribution in [2.75, 3.05) is 24.7 Å². The Labute approximate surface area is 214 Å². The van der Waals surface area contributed by atoms with Crippen LogP contribution >= 0.6 is 11.6 Å². The Bertz CT molecular complexity index is 1420. The lowest BCUT2D eigenvalue weighted by Gasteiger charge is -2.29. The number of ether oxygens (including phenoxy) is 2. The summed E-state index contributed by atoms with van der Waals surface area (Å²) in [5.74, 6) is -0.251. The number of anilines is 1. The number of rotatable bonds is 6. The third-order valence-corrected chi connectivity index (χ3v) is 6.11. The fourth-order valence-electron chi connectivity index (χ4n) is 4.11. The smallest absolute Gasteiger partial charge is 0.326 e. The van der Waals surface area contributed by atoms with Crippen LogP contribution < -0.4 is 9.64 Å². The van der Waals surface area contributed by atoms with Gasteiger partial charge in [0.15, 0.2) is 6.61 Å². The van der Waals surface area contributed by atoms with Crippen molar-refractivity contribution in [3.8, 4) is 39.4 Å². The molecule has 0 radical (unpaired) electrons. The van der Waals surface area contributed by atoms with Crippen molar-refractivity contribution in [2.45, 2.75) is 6.92 Å². The third kappa shape index (κ3) is 4.95. The largest absolute Gasteiger partial charge is 0.482 e. The van der Waals surface area contributed by atoms with Gasteiger partial charge in [0.2, 0.25) is 0 Å². The zero-order valence-electron chi connectivity index (χ0n) is 19.6. The Balaban J connectivity index is 1.61. The summed E-state index contributed by atoms with van der Waals surface area (Å²) in [4.78, 5) is 31.1. The van der Waals surface area contributed by atoms with Gasteiger partial charge in [-0.1, -0.05) is 54.1 Å². The molecule has 0 saturated carbocycles. The first kappa shape index (κ1) is 23.6. The van der Waals surface area contributed by atoms with E-state index < -0.39 is 5.97 Å². The van der Waals surface area contributed by atoms with Gasteiger partial charge in [-0.3, -0.25) is 14.5 Å². The topological polar surface area (TPSA) is 68.7 Å². The molecule has 0 bridgehead atoms. The molecular formula is C29H23ClN2O4. The van der Waals surface area contributed by atoms with Gasteiger partial charge in [-0.15, -0.1) is 0 Å². The van der Waals surface area contributed by atoms with Crippen LogP contribution in [0.1, 0.15) is 6.92 Å². The molecule has 1 aromatic heterocycles. The normalized spacial score (nSPS) is 12.6. The van der Waals surface area contributed by atoms with E-state index in [1.54, 1.807) is 13.0 Å². The van der Waals surface area contributed by atoms with Crippen molar-refractivity contribution in [3.63, 3.8) is 0 Å². The standard InChI is InChI=1S/C29H23ClN2O4/c1-2-35-29(34)17-32-26-16-21(10-13-27(26)36-18-28(32)33)25-15-22(19-8-11-23(30)12-9-19)14-24(31-25)20-6-4-3-5-7-20/h3-16H,2,17-18H2,1H3. The van der Waals surface area contributed by atoms with Gasteiger partial charge in [0, 0.05) is 16.1 Å². The minimum absolute atomic E-state index is 0.131. The Hall–Kier alpha value is -4.16. The summed E-state index contributed by atoms with van der Waals surface area (Å²) in [6.45, 7) is 1.66. The highest BCUT2D eigenvalue weighted by Crippen LogP contribution is 2.37. The molecule has 0 saturated heterocycles. The number of hydrogen-bond acceptors (Lipinski definition) is 5. The van der Waals surface area contributed by atoms with E-state index in [-0.39, 0.29) is 25.7 Å². The molecular weight excluding hydrogens is 476 g/mol. The van der Waals surface area contributed by atoms with Gasteiger partial charge in [-0.2, -0.15) is 0 Å². The van der Waals surface area contributed by atoms with Crippen LogP contribution in [0.25, 0.3) is 33.6 Å². The zero-order valence-corrected chi connectivity index (χ0v) is 20.4. The molecule has 36 heavy (non-hydrogen) atoms. The molecule has 6 nitrogen and oxygen atoms in total. The fourth-order valence-corrected chi connectivity index (χ4v) is 4.24. The first-order valence-electron chi connectivity index (χ1n) is 11.6. The third-order valence-electron chi connectivity index (χ3n) is 5.86. The number of pyridine rings is 1. The molecule has 3 aromatic carbocycles. The van der Waals surface area contributed by atoms with Crippen LogP contribution in [0.5, 0.6) is 5.75 Å². The van der Waals surface area contributed by atoms with Gasteiger partial charge in [-0.05, 0) is 60.5 Å². The number of amides is 1. The predicted molar refractivity (Wildman–Crippen MR) is 140 cm³/mol. The highest BCUT2D eigenvalue weighted by Gasteiger charge is 2.28. The molecule has 1 aliphatic rings. The van der Waals surface area contributed by atoms with Crippen LogP contribution in [0, 0.1) is 0 Å². The highest BCUT2D eigenvalue weighted by molar-refractivity contribution is 6.30. The van der Waals surface area contributed by atoms with Crippen LogP contribution in [-0.2, 0) is 14.3 Å². The maximum atomic E-state index is 12.6. The van der Waals surface area contributed by atoms with E-state index >= 15 is 0 Å². The van der Waals surface area contributed by atoms with Crippen molar-refractivity contribution >= 4 is 29.2 Å². The summed E-state index contributed by atoms with van der Waals surface area (Å²) in [6.07, 6.45) is 0. The number of aromatic nitrogens is 1. The minimum atomic E-state index is -0.474. The van der Waals surface area contributed by atoms with E-state index in [0.29, 0.717) is 16.5 Å². The quantitative estimate of drug-likeness (QED) is 0.304. The number of fused-ring (bicyclic) bond motifs is 1. The van der Waals surface area contributed by atoms with Gasteiger partial charge in [0.25, 0.3) is 5.91 Å². The van der Waals surface area contributed by atoms with E-state index in [0.717, 1.165) is 33.6 Å². The molecule has 0 spiro atoms. The van der Waals surface area contributed by atoms with Crippen molar-refractivity contribution < 1.29 is 19.1 Å². The summed E-state index contributed by atoms with van der Waals surface area (Å²) in [7, 11) is 0. The summed E-state index contributed by atoms with van der Waals surface area (Å²) < 4.78 is 10.7. The summed E-state index contributed by atoms with van der Waals surface area (Å²) >= 11 is 6.11. The van der Waals surface area contributed by atoms with Crippen LogP contribution in [0.2, 0.25) is 5.02 Å². The van der Waals surface area contributed by atoms with Gasteiger partial charge >= 0.3 is 5.97 Å². The predicted octanol–water partition coefficient (Wildman–Crippen LogP) is 6.02. The summed E-state index contributed by atoms with van der Waals surface area (Å²) in [5.41, 5.74) is 5.79. The van der Waals surface area contributed by atoms with Gasteiger partial charge < -0.3 is 9.47 Å². The Morgan fingerprint density at radius 3 is 2.33 bits per heavy atom. The van der Waals surface area contributed by atoms with Gasteiger partial charge in [0.1, 0.15) is 12.3 Å². The lowest BCUT2D eigenvalue weighted by atomic mass is 9.99. The molecule has 0 fully saturated rings. The molecule has 4 aromatic rings. The summed E-state index contributed by atoms with van der Waals surface area (Å²) in [6, 6.07) is 27.2. The molecule has 5 rings (SSSR count). The lowest BCUT2D eigenvalue weighted by molar-refractivity contribution is -0.142. The molecule has 0 aliphatic carbocycles. The molecule has 7 heteroatoms. The van der Waals surface area contributed by atoms with Crippen molar-refractivity contribution in [2.24, 2.45) is 0 Å². The molecule has 180 valence electrons. The Morgan fingerprint density at radius 1 is 0.917 bits per heavy atom. The Kier molecular flexibility index (Phi) is 6.69. The number of esters is 1. The number of carbonyl (C=O) groups is 2. The number of carbonyl (C=O) groups excluding carboxylic acids is 2. The summed E-state index contributed by atoms with van der Waals surface area (Å²) in [5, 5.41) is 0.664. The molecule has 1 aliphatic heterocycles. The minimum Gasteiger partial charge on any atom is -0.482 e. The monoisotopic (exact) mass is 498 g/mol. The molecule has 1 amide bonds. The van der Waals surface area contributed by atoms with E-state index in [9.17, 15) is 9.59 Å². The number of hydrogen-bond donors (Lipinski definition) is 0. The molecule has 0 atom stereocenters. The van der Waals surface area contributed by atoms with Crippen LogP contribution in [-0.4, -0.2) is 36.6 Å². The van der Waals surface area contributed by atoms with E-state index in [1.807, 2.05) is 78.9 Å².